The van der Waals surface area contributed by atoms with Crippen molar-refractivity contribution in [3.8, 4) is 0 Å². The van der Waals surface area contributed by atoms with Gasteiger partial charge in [-0.1, -0.05) is 11.6 Å². The van der Waals surface area contributed by atoms with Gasteiger partial charge in [0.2, 0.25) is 10.0 Å². The van der Waals surface area contributed by atoms with Gasteiger partial charge in [0.1, 0.15) is 10.7 Å². The van der Waals surface area contributed by atoms with Gasteiger partial charge in [-0.3, -0.25) is 4.79 Å². The van der Waals surface area contributed by atoms with E-state index in [1.54, 1.807) is 12.1 Å². The standard InChI is InChI=1S/C13H13ClN2O4S/c1-8(17)10-5-13(21(15,18)19)11(14)6-12(10)16-7-9-3-2-4-20-9/h2-6,16H,7H2,1H3,(H2,15,18,19). The number of nitrogens with two attached hydrogens (primary N) is 1. The number of anilines is 1. The molecule has 0 spiro atoms. The molecule has 0 fully saturated rings. The van der Waals surface area contributed by atoms with Gasteiger partial charge >= 0.3 is 0 Å². The zero-order valence-corrected chi connectivity index (χ0v) is 12.7. The van der Waals surface area contributed by atoms with Crippen molar-refractivity contribution in [3.63, 3.8) is 0 Å². The van der Waals surface area contributed by atoms with Crippen molar-refractivity contribution >= 4 is 33.1 Å². The van der Waals surface area contributed by atoms with Crippen molar-refractivity contribution in [2.45, 2.75) is 18.4 Å². The van der Waals surface area contributed by atoms with Crippen molar-refractivity contribution < 1.29 is 17.6 Å². The van der Waals surface area contributed by atoms with E-state index in [1.165, 1.54) is 25.3 Å². The first-order chi connectivity index (χ1) is 9.79. The highest BCUT2D eigenvalue weighted by molar-refractivity contribution is 7.89. The molecule has 0 radical (unpaired) electrons. The van der Waals surface area contributed by atoms with Crippen molar-refractivity contribution in [2.24, 2.45) is 5.14 Å². The average molecular weight is 329 g/mol. The second-order valence-corrected chi connectivity index (χ2v) is 6.30. The van der Waals surface area contributed by atoms with E-state index < -0.39 is 10.0 Å². The number of rotatable bonds is 5. The van der Waals surface area contributed by atoms with Crippen LogP contribution in [0, 0.1) is 0 Å². The van der Waals surface area contributed by atoms with Gasteiger partial charge in [-0.05, 0) is 31.2 Å². The molecule has 6 nitrogen and oxygen atoms in total. The maximum atomic E-state index is 11.7. The van der Waals surface area contributed by atoms with Crippen LogP contribution in [0.1, 0.15) is 23.0 Å². The van der Waals surface area contributed by atoms with Crippen LogP contribution in [-0.4, -0.2) is 14.2 Å². The van der Waals surface area contributed by atoms with Crippen molar-refractivity contribution in [2.75, 3.05) is 5.32 Å². The van der Waals surface area contributed by atoms with Crippen LogP contribution in [-0.2, 0) is 16.6 Å². The Labute approximate surface area is 126 Å². The smallest absolute Gasteiger partial charge is 0.239 e. The molecule has 2 aromatic rings. The van der Waals surface area contributed by atoms with Crippen LogP contribution in [0.25, 0.3) is 0 Å². The van der Waals surface area contributed by atoms with E-state index in [9.17, 15) is 13.2 Å². The highest BCUT2D eigenvalue weighted by Gasteiger charge is 2.18. The van der Waals surface area contributed by atoms with Crippen LogP contribution < -0.4 is 10.5 Å². The van der Waals surface area contributed by atoms with E-state index in [-0.39, 0.29) is 21.3 Å². The number of hydrogen-bond donors (Lipinski definition) is 2. The minimum absolute atomic E-state index is 0.0514. The summed E-state index contributed by atoms with van der Waals surface area (Å²) >= 11 is 5.92. The molecule has 112 valence electrons. The average Bonchev–Trinajstić information content (AvgIpc) is 2.87. The number of halogens is 1. The molecule has 0 aliphatic rings. The molecule has 1 heterocycles. The van der Waals surface area contributed by atoms with Crippen molar-refractivity contribution in [1.82, 2.24) is 0 Å². The number of hydrogen-bond acceptors (Lipinski definition) is 5. The van der Waals surface area contributed by atoms with E-state index >= 15 is 0 Å². The Balaban J connectivity index is 2.41. The lowest BCUT2D eigenvalue weighted by molar-refractivity contribution is 0.101. The summed E-state index contributed by atoms with van der Waals surface area (Å²) in [6.07, 6.45) is 1.53. The molecule has 21 heavy (non-hydrogen) atoms. The monoisotopic (exact) mass is 328 g/mol. The first-order valence-corrected chi connectivity index (χ1v) is 7.85. The van der Waals surface area contributed by atoms with E-state index in [2.05, 4.69) is 5.32 Å². The molecule has 0 amide bonds. The number of carbonyl (C=O) groups excluding carboxylic acids is 1. The zero-order valence-electron chi connectivity index (χ0n) is 11.1. The number of furan rings is 1. The summed E-state index contributed by atoms with van der Waals surface area (Å²) in [5, 5.41) is 8.00. The minimum Gasteiger partial charge on any atom is -0.467 e. The fourth-order valence-corrected chi connectivity index (χ4v) is 2.90. The van der Waals surface area contributed by atoms with Gasteiger partial charge in [0, 0.05) is 11.3 Å². The number of ketones is 1. The largest absolute Gasteiger partial charge is 0.467 e. The maximum Gasteiger partial charge on any atom is 0.239 e. The predicted octanol–water partition coefficient (Wildman–Crippen LogP) is 2.40. The summed E-state index contributed by atoms with van der Waals surface area (Å²) in [6, 6.07) is 6.03. The van der Waals surface area contributed by atoms with Gasteiger partial charge in [-0.15, -0.1) is 0 Å². The fourth-order valence-electron chi connectivity index (χ4n) is 1.80. The van der Waals surface area contributed by atoms with E-state index in [0.29, 0.717) is 18.0 Å². The third-order valence-electron chi connectivity index (χ3n) is 2.79. The SMILES string of the molecule is CC(=O)c1cc(S(N)(=O)=O)c(Cl)cc1NCc1ccco1. The molecule has 0 saturated carbocycles. The van der Waals surface area contributed by atoms with Crippen molar-refractivity contribution in [3.05, 3.63) is 46.9 Å². The number of benzene rings is 1. The minimum atomic E-state index is -3.99. The Hall–Kier alpha value is -1.83. The molecular weight excluding hydrogens is 316 g/mol. The molecule has 3 N–H and O–H groups in total. The molecule has 1 aromatic heterocycles. The molecular formula is C13H13ClN2O4S. The molecule has 0 bridgehead atoms. The van der Waals surface area contributed by atoms with Crippen LogP contribution in [0.2, 0.25) is 5.02 Å². The number of sulfonamides is 1. The molecule has 0 aliphatic heterocycles. The number of carbonyl (C=O) groups is 1. The van der Waals surface area contributed by atoms with Crippen LogP contribution in [0.15, 0.2) is 39.8 Å². The summed E-state index contributed by atoms with van der Waals surface area (Å²) in [5.74, 6) is 0.356. The first kappa shape index (κ1) is 15.6. The van der Waals surface area contributed by atoms with Gasteiger partial charge in [0.25, 0.3) is 0 Å². The molecule has 2 rings (SSSR count). The van der Waals surface area contributed by atoms with E-state index in [1.807, 2.05) is 0 Å². The Bertz CT molecular complexity index is 770. The Morgan fingerprint density at radius 2 is 2.14 bits per heavy atom. The van der Waals surface area contributed by atoms with Gasteiger partial charge in [-0.2, -0.15) is 0 Å². The lowest BCUT2D eigenvalue weighted by atomic mass is 10.1. The molecule has 1 aromatic carbocycles. The van der Waals surface area contributed by atoms with Crippen LogP contribution >= 0.6 is 11.6 Å². The number of primary sulfonamides is 1. The Kier molecular flexibility index (Phi) is 4.36. The van der Waals surface area contributed by atoms with Crippen LogP contribution in [0.3, 0.4) is 0 Å². The van der Waals surface area contributed by atoms with Crippen LogP contribution in [0.4, 0.5) is 5.69 Å². The van der Waals surface area contributed by atoms with Crippen LogP contribution in [0.5, 0.6) is 0 Å². The topological polar surface area (TPSA) is 102 Å². The summed E-state index contributed by atoms with van der Waals surface area (Å²) in [7, 11) is -3.99. The van der Waals surface area contributed by atoms with Crippen molar-refractivity contribution in [1.29, 1.82) is 0 Å². The summed E-state index contributed by atoms with van der Waals surface area (Å²) in [4.78, 5) is 11.4. The summed E-state index contributed by atoms with van der Waals surface area (Å²) in [5.41, 5.74) is 0.603. The normalized spacial score (nSPS) is 11.4. The molecule has 0 unspecified atom stereocenters. The highest BCUT2D eigenvalue weighted by atomic mass is 35.5. The molecule has 0 aliphatic carbocycles. The Morgan fingerprint density at radius 1 is 1.43 bits per heavy atom. The molecule has 0 atom stereocenters. The number of nitrogens with one attached hydrogen (secondary N) is 1. The maximum absolute atomic E-state index is 11.7. The zero-order chi connectivity index (χ0) is 15.6. The lowest BCUT2D eigenvalue weighted by Gasteiger charge is -2.12. The van der Waals surface area contributed by atoms with Gasteiger partial charge in [0.05, 0.1) is 17.8 Å². The quantitative estimate of drug-likeness (QED) is 0.820. The van der Waals surface area contributed by atoms with E-state index in [0.717, 1.165) is 0 Å². The summed E-state index contributed by atoms with van der Waals surface area (Å²) < 4.78 is 28.0. The second-order valence-electron chi connectivity index (χ2n) is 4.36. The van der Waals surface area contributed by atoms with Gasteiger partial charge in [-0.25, -0.2) is 13.6 Å². The van der Waals surface area contributed by atoms with Gasteiger partial charge in [0.15, 0.2) is 5.78 Å². The van der Waals surface area contributed by atoms with E-state index in [4.69, 9.17) is 21.2 Å². The Morgan fingerprint density at radius 3 is 2.67 bits per heavy atom. The highest BCUT2D eigenvalue weighted by Crippen LogP contribution is 2.29. The molecule has 0 saturated heterocycles. The number of Topliss-reactive ketones (excluding diaryl/α,β-unsaturated/α-hetero) is 1. The first-order valence-electron chi connectivity index (χ1n) is 5.92. The third-order valence-corrected chi connectivity index (χ3v) is 4.17. The second kappa shape index (κ2) is 5.88. The molecule has 8 heteroatoms. The lowest BCUT2D eigenvalue weighted by Crippen LogP contribution is -2.14. The fraction of sp³-hybridized carbons (Fsp3) is 0.154. The predicted molar refractivity (Wildman–Crippen MR) is 78.9 cm³/mol. The summed E-state index contributed by atoms with van der Waals surface area (Å²) in [6.45, 7) is 1.66. The van der Waals surface area contributed by atoms with Gasteiger partial charge < -0.3 is 9.73 Å². The third kappa shape index (κ3) is 3.63.